The van der Waals surface area contributed by atoms with Crippen LogP contribution in [0.1, 0.15) is 95.9 Å². The van der Waals surface area contributed by atoms with Gasteiger partial charge in [0.2, 0.25) is 0 Å². The van der Waals surface area contributed by atoms with Crippen molar-refractivity contribution in [2.75, 3.05) is 0 Å². The van der Waals surface area contributed by atoms with Gasteiger partial charge in [-0.15, -0.1) is 12.4 Å². The van der Waals surface area contributed by atoms with Crippen molar-refractivity contribution in [1.29, 1.82) is 0 Å². The topological polar surface area (TPSA) is 38.0 Å². The van der Waals surface area contributed by atoms with Crippen LogP contribution in [0.2, 0.25) is 0 Å². The molecule has 0 amide bonds. The van der Waals surface area contributed by atoms with E-state index in [4.69, 9.17) is 5.21 Å². The molecule has 0 bridgehead atoms. The van der Waals surface area contributed by atoms with Gasteiger partial charge in [-0.2, -0.15) is 4.73 Å². The molecule has 0 saturated carbocycles. The Balaban J connectivity index is 0.000000678. The first-order valence-corrected chi connectivity index (χ1v) is 11.0. The molecule has 0 aliphatic heterocycles. The molecule has 0 aliphatic carbocycles. The molecule has 1 N–H and O–H groups in total. The van der Waals surface area contributed by atoms with Crippen molar-refractivity contribution in [2.24, 2.45) is 0 Å². The third-order valence-corrected chi connectivity index (χ3v) is 4.92. The van der Waals surface area contributed by atoms with E-state index in [1.54, 1.807) is 6.20 Å². The van der Waals surface area contributed by atoms with E-state index in [1.165, 1.54) is 88.8 Å². The van der Waals surface area contributed by atoms with E-state index in [-0.39, 0.29) is 12.4 Å². The van der Waals surface area contributed by atoms with E-state index < -0.39 is 0 Å². The number of halogens is 1. The minimum Gasteiger partial charge on any atom is -0.427 e. The molecule has 0 radical (unpaired) electrons. The molecular weight excluding hydrogens is 368 g/mol. The van der Waals surface area contributed by atoms with E-state index in [2.05, 4.69) is 42.2 Å². The Morgan fingerprint density at radius 1 is 0.786 bits per heavy atom. The molecular formula is C24H41ClN2O. The zero-order chi connectivity index (χ0) is 19.6. The zero-order valence-electron chi connectivity index (χ0n) is 18.0. The Bertz CT molecular complexity index is 557. The second-order valence-corrected chi connectivity index (χ2v) is 7.31. The average Bonchev–Trinajstić information content (AvgIpc) is 3.12. The number of nitrogens with zero attached hydrogens (tertiary/aromatic N) is 2. The quantitative estimate of drug-likeness (QED) is 0.273. The number of imidazole rings is 1. The molecule has 1 aromatic heterocycles. The predicted octanol–water partition coefficient (Wildman–Crippen LogP) is 7.64. The second kappa shape index (κ2) is 18.9. The van der Waals surface area contributed by atoms with Crippen molar-refractivity contribution >= 4 is 12.4 Å². The Morgan fingerprint density at radius 3 is 1.75 bits per heavy atom. The van der Waals surface area contributed by atoms with Crippen LogP contribution in [0.15, 0.2) is 42.7 Å². The highest BCUT2D eigenvalue weighted by Crippen LogP contribution is 2.12. The van der Waals surface area contributed by atoms with Crippen molar-refractivity contribution in [3.8, 4) is 0 Å². The van der Waals surface area contributed by atoms with Gasteiger partial charge in [0.15, 0.2) is 0 Å². The maximum atomic E-state index is 8.80. The lowest BCUT2D eigenvalue weighted by molar-refractivity contribution is 0.176. The van der Waals surface area contributed by atoms with Gasteiger partial charge in [-0.25, -0.2) is 4.98 Å². The number of benzene rings is 1. The fourth-order valence-electron chi connectivity index (χ4n) is 3.22. The summed E-state index contributed by atoms with van der Waals surface area (Å²) in [5.41, 5.74) is 1.50. The summed E-state index contributed by atoms with van der Waals surface area (Å²) in [6, 6.07) is 10.9. The molecule has 0 aliphatic rings. The first-order chi connectivity index (χ1) is 13.3. The van der Waals surface area contributed by atoms with Gasteiger partial charge in [-0.05, 0) is 18.4 Å². The number of hydrogen-bond donors (Lipinski definition) is 1. The normalized spacial score (nSPS) is 10.1. The highest BCUT2D eigenvalue weighted by Gasteiger charge is 1.95. The molecule has 0 unspecified atom stereocenters. The van der Waals surface area contributed by atoms with Crippen molar-refractivity contribution in [1.82, 2.24) is 9.71 Å². The molecule has 1 aromatic carbocycles. The third-order valence-electron chi connectivity index (χ3n) is 4.92. The number of rotatable bonds is 13. The zero-order valence-corrected chi connectivity index (χ0v) is 18.8. The maximum absolute atomic E-state index is 8.80. The van der Waals surface area contributed by atoms with Gasteiger partial charge >= 0.3 is 0 Å². The third kappa shape index (κ3) is 13.7. The lowest BCUT2D eigenvalue weighted by atomic mass is 10.0. The predicted molar refractivity (Wildman–Crippen MR) is 123 cm³/mol. The van der Waals surface area contributed by atoms with Crippen molar-refractivity contribution in [3.63, 3.8) is 0 Å². The fraction of sp³-hybridized carbons (Fsp3) is 0.625. The number of aromatic nitrogens is 2. The van der Waals surface area contributed by atoms with E-state index >= 15 is 0 Å². The number of unbranched alkanes of at least 4 members (excludes halogenated alkanes) is 10. The molecule has 3 nitrogen and oxygen atoms in total. The molecule has 160 valence electrons. The summed E-state index contributed by atoms with van der Waals surface area (Å²) < 4.78 is 1.03. The molecule has 0 atom stereocenters. The van der Waals surface area contributed by atoms with Crippen LogP contribution < -0.4 is 0 Å². The van der Waals surface area contributed by atoms with Crippen LogP contribution in [-0.2, 0) is 12.8 Å². The summed E-state index contributed by atoms with van der Waals surface area (Å²) in [4.78, 5) is 3.85. The highest BCUT2D eigenvalue weighted by atomic mass is 35.5. The van der Waals surface area contributed by atoms with E-state index in [0.29, 0.717) is 5.82 Å². The minimum atomic E-state index is 0. The fourth-order valence-corrected chi connectivity index (χ4v) is 3.22. The van der Waals surface area contributed by atoms with Crippen molar-refractivity contribution in [3.05, 3.63) is 54.1 Å². The van der Waals surface area contributed by atoms with Crippen LogP contribution in [-0.4, -0.2) is 14.9 Å². The van der Waals surface area contributed by atoms with Gasteiger partial charge in [-0.1, -0.05) is 108 Å². The molecule has 0 saturated heterocycles. The minimum absolute atomic E-state index is 0. The average molecular weight is 409 g/mol. The van der Waals surface area contributed by atoms with Crippen LogP contribution >= 0.6 is 12.4 Å². The summed E-state index contributed by atoms with van der Waals surface area (Å²) >= 11 is 0. The monoisotopic (exact) mass is 408 g/mol. The molecule has 4 heteroatoms. The number of hydrogen-bond acceptors (Lipinski definition) is 2. The Kier molecular flexibility index (Phi) is 17.9. The van der Waals surface area contributed by atoms with Gasteiger partial charge in [-0.3, -0.25) is 0 Å². The van der Waals surface area contributed by atoms with Crippen LogP contribution in [0.25, 0.3) is 0 Å². The first-order valence-electron chi connectivity index (χ1n) is 11.0. The van der Waals surface area contributed by atoms with E-state index in [0.717, 1.165) is 11.2 Å². The van der Waals surface area contributed by atoms with E-state index in [1.807, 2.05) is 6.92 Å². The smallest absolute Gasteiger partial charge is 0.144 e. The maximum Gasteiger partial charge on any atom is 0.144 e. The lowest BCUT2D eigenvalue weighted by Gasteiger charge is -2.03. The highest BCUT2D eigenvalue weighted by molar-refractivity contribution is 5.85. The van der Waals surface area contributed by atoms with E-state index in [9.17, 15) is 0 Å². The molecule has 2 aromatic rings. The molecule has 2 rings (SSSR count). The number of aryl methyl sites for hydroxylation is 2. The largest absolute Gasteiger partial charge is 0.427 e. The SMILES string of the molecule is CCCCCCCCCCCCCc1ccccc1.CCc1nccn1O.Cl. The van der Waals surface area contributed by atoms with Crippen LogP contribution in [0.5, 0.6) is 0 Å². The van der Waals surface area contributed by atoms with Crippen LogP contribution in [0.4, 0.5) is 0 Å². The van der Waals surface area contributed by atoms with Gasteiger partial charge in [0.05, 0.1) is 6.20 Å². The van der Waals surface area contributed by atoms with Crippen molar-refractivity contribution in [2.45, 2.75) is 97.3 Å². The van der Waals surface area contributed by atoms with Gasteiger partial charge in [0, 0.05) is 12.6 Å². The Morgan fingerprint density at radius 2 is 1.32 bits per heavy atom. The Hall–Kier alpha value is -1.48. The molecule has 1 heterocycles. The van der Waals surface area contributed by atoms with Crippen molar-refractivity contribution < 1.29 is 5.21 Å². The molecule has 0 fully saturated rings. The van der Waals surface area contributed by atoms with Gasteiger partial charge in [0.1, 0.15) is 5.82 Å². The van der Waals surface area contributed by atoms with Gasteiger partial charge < -0.3 is 5.21 Å². The molecule has 0 spiro atoms. The standard InChI is InChI=1S/C19H32.C5H8N2O.ClH/c1-2-3-4-5-6-7-8-9-10-11-13-16-19-17-14-12-15-18-19;1-2-5-6-3-4-7(5)8;/h12,14-15,17-18H,2-11,13,16H2,1H3;3-4,8H,2H2,1H3;1H. The van der Waals surface area contributed by atoms with Gasteiger partial charge in [0.25, 0.3) is 0 Å². The first kappa shape index (κ1) is 26.5. The second-order valence-electron chi connectivity index (χ2n) is 7.31. The Labute approximate surface area is 179 Å². The summed E-state index contributed by atoms with van der Waals surface area (Å²) in [7, 11) is 0. The summed E-state index contributed by atoms with van der Waals surface area (Å²) in [5.74, 6) is 0.699. The summed E-state index contributed by atoms with van der Waals surface area (Å²) in [6.07, 6.45) is 20.8. The summed E-state index contributed by atoms with van der Waals surface area (Å²) in [5, 5.41) is 8.80. The van der Waals surface area contributed by atoms with Crippen LogP contribution in [0.3, 0.4) is 0 Å². The molecule has 28 heavy (non-hydrogen) atoms. The lowest BCUT2D eigenvalue weighted by Crippen LogP contribution is -1.94. The van der Waals surface area contributed by atoms with Crippen LogP contribution in [0, 0.1) is 0 Å². The summed E-state index contributed by atoms with van der Waals surface area (Å²) in [6.45, 7) is 4.23.